The van der Waals surface area contributed by atoms with E-state index >= 15 is 0 Å². The summed E-state index contributed by atoms with van der Waals surface area (Å²) in [6.45, 7) is 11.2. The fraction of sp³-hybridized carbons (Fsp3) is 0.267. The van der Waals surface area contributed by atoms with Crippen LogP contribution in [0.1, 0.15) is 61.8 Å². The first-order valence-electron chi connectivity index (χ1n) is 11.6. The minimum Gasteiger partial charge on any atom is -0.192 e. The van der Waals surface area contributed by atoms with Crippen LogP contribution in [-0.4, -0.2) is 4.68 Å². The molecule has 0 amide bonds. The van der Waals surface area contributed by atoms with Crippen molar-refractivity contribution in [3.8, 4) is 34.0 Å². The average Bonchev–Trinajstić information content (AvgIpc) is 3.20. The molecule has 0 bridgehead atoms. The molecular weight excluding hydrogens is 402 g/mol. The molecule has 0 aliphatic rings. The molecule has 0 fully saturated rings. The van der Waals surface area contributed by atoms with Gasteiger partial charge in [0.15, 0.2) is 7.05 Å². The van der Waals surface area contributed by atoms with Crippen molar-refractivity contribution >= 4 is 0 Å². The van der Waals surface area contributed by atoms with Crippen LogP contribution in [0.25, 0.3) is 27.9 Å². The van der Waals surface area contributed by atoms with Crippen LogP contribution < -0.4 is 4.68 Å². The number of benzene rings is 3. The lowest BCUT2D eigenvalue weighted by atomic mass is 9.83. The van der Waals surface area contributed by atoms with E-state index in [1.54, 1.807) is 0 Å². The zero-order valence-corrected chi connectivity index (χ0v) is 20.4. The van der Waals surface area contributed by atoms with E-state index in [2.05, 4.69) is 112 Å². The number of nitrogens with zero attached hydrogens (tertiary/aromatic N) is 3. The molecule has 166 valence electrons. The van der Waals surface area contributed by atoms with Gasteiger partial charge in [0.1, 0.15) is 5.69 Å². The average molecular weight is 435 g/mol. The lowest BCUT2D eigenvalue weighted by molar-refractivity contribution is -0.744. The van der Waals surface area contributed by atoms with Crippen molar-refractivity contribution in [3.05, 3.63) is 95.3 Å². The van der Waals surface area contributed by atoms with Crippen molar-refractivity contribution in [2.45, 2.75) is 46.5 Å². The van der Waals surface area contributed by atoms with Gasteiger partial charge in [-0.05, 0) is 64.3 Å². The Labute approximate surface area is 197 Å². The van der Waals surface area contributed by atoms with Gasteiger partial charge in [0.05, 0.1) is 23.4 Å². The fourth-order valence-corrected chi connectivity index (χ4v) is 4.54. The molecule has 0 radical (unpaired) electrons. The van der Waals surface area contributed by atoms with Crippen LogP contribution in [0.5, 0.6) is 0 Å². The number of rotatable bonds is 5. The molecule has 1 heterocycles. The highest BCUT2D eigenvalue weighted by atomic mass is 15.4. The lowest BCUT2D eigenvalue weighted by Crippen LogP contribution is -2.37. The van der Waals surface area contributed by atoms with Crippen molar-refractivity contribution < 1.29 is 4.68 Å². The van der Waals surface area contributed by atoms with Crippen LogP contribution in [0.3, 0.4) is 0 Å². The van der Waals surface area contributed by atoms with Gasteiger partial charge in [-0.2, -0.15) is 5.26 Å². The van der Waals surface area contributed by atoms with E-state index in [0.29, 0.717) is 17.4 Å². The van der Waals surface area contributed by atoms with Gasteiger partial charge in [0.2, 0.25) is 6.20 Å². The van der Waals surface area contributed by atoms with Crippen LogP contribution in [0, 0.1) is 18.3 Å². The highest BCUT2D eigenvalue weighted by Gasteiger charge is 2.23. The van der Waals surface area contributed by atoms with E-state index in [9.17, 15) is 5.26 Å². The maximum Gasteiger partial charge on any atom is 0.203 e. The van der Waals surface area contributed by atoms with Crippen LogP contribution in [-0.2, 0) is 7.05 Å². The summed E-state index contributed by atoms with van der Waals surface area (Å²) in [5.74, 6) is 0.775. The minimum atomic E-state index is 0.387. The van der Waals surface area contributed by atoms with Gasteiger partial charge in [-0.1, -0.05) is 76.2 Å². The van der Waals surface area contributed by atoms with Crippen LogP contribution in [0.15, 0.2) is 73.1 Å². The van der Waals surface area contributed by atoms with Crippen molar-refractivity contribution in [1.29, 1.82) is 5.26 Å². The third-order valence-corrected chi connectivity index (χ3v) is 6.35. The number of hydrogen-bond donors (Lipinski definition) is 0. The van der Waals surface area contributed by atoms with Gasteiger partial charge < -0.3 is 0 Å². The molecule has 0 unspecified atom stereocenters. The van der Waals surface area contributed by atoms with Crippen molar-refractivity contribution in [2.75, 3.05) is 0 Å². The smallest absolute Gasteiger partial charge is 0.192 e. The lowest BCUT2D eigenvalue weighted by Gasteiger charge is -2.20. The van der Waals surface area contributed by atoms with Crippen molar-refractivity contribution in [3.63, 3.8) is 0 Å². The molecule has 4 rings (SSSR count). The summed E-state index contributed by atoms with van der Waals surface area (Å²) in [5, 5.41) is 9.40. The Bertz CT molecular complexity index is 1310. The molecule has 3 heteroatoms. The molecule has 4 aromatic rings. The van der Waals surface area contributed by atoms with Crippen molar-refractivity contribution in [2.24, 2.45) is 7.05 Å². The Morgan fingerprint density at radius 2 is 1.45 bits per heavy atom. The van der Waals surface area contributed by atoms with E-state index in [0.717, 1.165) is 11.3 Å². The summed E-state index contributed by atoms with van der Waals surface area (Å²) in [6.07, 6.45) is 4.41. The standard InChI is InChI=1S/C30H32N3/c1-20(2)27-15-25(24-10-8-7-9-11-24)16-28(21(3)4)30(27)26-18-32(6)33(19-26)29-14-23(17-31)13-12-22(29)5/h7-16,18-21H,1-6H3/q+1. The van der Waals surface area contributed by atoms with Crippen LogP contribution in [0.4, 0.5) is 0 Å². The summed E-state index contributed by atoms with van der Waals surface area (Å²) in [7, 11) is 2.06. The van der Waals surface area contributed by atoms with E-state index in [4.69, 9.17) is 0 Å². The maximum absolute atomic E-state index is 9.40. The topological polar surface area (TPSA) is 32.6 Å². The van der Waals surface area contributed by atoms with E-state index < -0.39 is 0 Å². The molecule has 33 heavy (non-hydrogen) atoms. The third-order valence-electron chi connectivity index (χ3n) is 6.35. The first-order valence-corrected chi connectivity index (χ1v) is 11.6. The third kappa shape index (κ3) is 4.34. The second-order valence-corrected chi connectivity index (χ2v) is 9.45. The zero-order chi connectivity index (χ0) is 23.7. The van der Waals surface area contributed by atoms with Gasteiger partial charge in [-0.15, -0.1) is 9.36 Å². The monoisotopic (exact) mass is 434 g/mol. The van der Waals surface area contributed by atoms with Gasteiger partial charge in [-0.3, -0.25) is 0 Å². The Hall–Kier alpha value is -3.64. The summed E-state index contributed by atoms with van der Waals surface area (Å²) in [4.78, 5) is 0. The highest BCUT2D eigenvalue weighted by Crippen LogP contribution is 2.39. The summed E-state index contributed by atoms with van der Waals surface area (Å²) in [5.41, 5.74) is 10.6. The van der Waals surface area contributed by atoms with Gasteiger partial charge in [0.25, 0.3) is 0 Å². The number of aromatic nitrogens is 2. The predicted molar refractivity (Wildman–Crippen MR) is 135 cm³/mol. The van der Waals surface area contributed by atoms with E-state index in [1.165, 1.54) is 33.4 Å². The molecule has 3 aromatic carbocycles. The molecule has 3 nitrogen and oxygen atoms in total. The number of aryl methyl sites for hydroxylation is 2. The largest absolute Gasteiger partial charge is 0.203 e. The van der Waals surface area contributed by atoms with Crippen LogP contribution >= 0.6 is 0 Å². The molecule has 0 aliphatic heterocycles. The number of nitriles is 1. The molecule has 0 saturated carbocycles. The molecule has 0 aliphatic carbocycles. The molecular formula is C30H32N3+. The van der Waals surface area contributed by atoms with Gasteiger partial charge in [0, 0.05) is 0 Å². The first-order chi connectivity index (χ1) is 15.8. The summed E-state index contributed by atoms with van der Waals surface area (Å²) < 4.78 is 4.25. The SMILES string of the molecule is Cc1ccc(C#N)cc1-n1cc(-c2c(C(C)C)cc(-c3ccccc3)cc2C(C)C)c[n+]1C. The quantitative estimate of drug-likeness (QED) is 0.309. The minimum absolute atomic E-state index is 0.387. The molecule has 0 spiro atoms. The Kier molecular flexibility index (Phi) is 6.20. The number of hydrogen-bond acceptors (Lipinski definition) is 1. The van der Waals surface area contributed by atoms with E-state index in [-0.39, 0.29) is 0 Å². The zero-order valence-electron chi connectivity index (χ0n) is 20.4. The summed E-state index contributed by atoms with van der Waals surface area (Å²) >= 11 is 0. The molecule has 0 N–H and O–H groups in total. The predicted octanol–water partition coefficient (Wildman–Crippen LogP) is 7.06. The normalized spacial score (nSPS) is 11.2. The fourth-order valence-electron chi connectivity index (χ4n) is 4.54. The van der Waals surface area contributed by atoms with Gasteiger partial charge in [-0.25, -0.2) is 0 Å². The molecule has 0 saturated heterocycles. The van der Waals surface area contributed by atoms with E-state index in [1.807, 2.05) is 18.2 Å². The van der Waals surface area contributed by atoms with Gasteiger partial charge >= 0.3 is 0 Å². The first kappa shape index (κ1) is 22.6. The second kappa shape index (κ2) is 9.08. The second-order valence-electron chi connectivity index (χ2n) is 9.45. The highest BCUT2D eigenvalue weighted by molar-refractivity contribution is 5.77. The van der Waals surface area contributed by atoms with Crippen LogP contribution in [0.2, 0.25) is 0 Å². The maximum atomic E-state index is 9.40. The van der Waals surface area contributed by atoms with Crippen molar-refractivity contribution in [1.82, 2.24) is 4.68 Å². The summed E-state index contributed by atoms with van der Waals surface area (Å²) in [6, 6.07) is 23.5. The molecule has 1 aromatic heterocycles. The molecule has 0 atom stereocenters. The Morgan fingerprint density at radius 1 is 0.818 bits per heavy atom. The Balaban J connectivity index is 1.95. The Morgan fingerprint density at radius 3 is 2.03 bits per heavy atom.